The van der Waals surface area contributed by atoms with Crippen LogP contribution in [-0.4, -0.2) is 25.8 Å². The molecule has 0 spiro atoms. The molecule has 0 bridgehead atoms. The molecule has 0 aromatic carbocycles. The molecule has 0 unspecified atom stereocenters. The third kappa shape index (κ3) is 6.19. The Balaban J connectivity index is 3.09. The number of hydrogen-bond donors (Lipinski definition) is 0. The highest BCUT2D eigenvalue weighted by Gasteiger charge is 2.41. The molecule has 1 aliphatic carbocycles. The summed E-state index contributed by atoms with van der Waals surface area (Å²) in [5, 5.41) is 0. The van der Waals surface area contributed by atoms with Crippen LogP contribution in [0.15, 0.2) is 46.0 Å². The second-order valence-corrected chi connectivity index (χ2v) is 9.69. The number of Topliss-reactive ketones (excluding diaryl/α,β-unsaturated/α-hetero) is 2. The molecule has 0 N–H and O–H groups in total. The van der Waals surface area contributed by atoms with Gasteiger partial charge < -0.3 is 9.47 Å². The molecule has 0 saturated heterocycles. The summed E-state index contributed by atoms with van der Waals surface area (Å²) in [6, 6.07) is 0. The molecular weight excluding hydrogens is 364 g/mol. The van der Waals surface area contributed by atoms with Gasteiger partial charge in [-0.2, -0.15) is 0 Å². The van der Waals surface area contributed by atoms with Gasteiger partial charge in [0.15, 0.2) is 0 Å². The van der Waals surface area contributed by atoms with Gasteiger partial charge in [0.1, 0.15) is 0 Å². The molecule has 4 heteroatoms. The van der Waals surface area contributed by atoms with Gasteiger partial charge in [-0.1, -0.05) is 51.0 Å². The fourth-order valence-electron chi connectivity index (χ4n) is 3.87. The molecule has 0 heterocycles. The Bertz CT molecular complexity index is 782. The zero-order chi connectivity index (χ0) is 22.6. The van der Waals surface area contributed by atoms with E-state index < -0.39 is 5.41 Å². The predicted molar refractivity (Wildman–Crippen MR) is 118 cm³/mol. The molecule has 0 aromatic heterocycles. The zero-order valence-corrected chi connectivity index (χ0v) is 19.9. The first-order valence-electron chi connectivity index (χ1n) is 10.2. The van der Waals surface area contributed by atoms with E-state index in [-0.39, 0.29) is 28.5 Å². The maximum Gasteiger partial charge on any atom is 0.228 e. The van der Waals surface area contributed by atoms with Gasteiger partial charge in [0.05, 0.1) is 14.2 Å². The van der Waals surface area contributed by atoms with Gasteiger partial charge >= 0.3 is 0 Å². The summed E-state index contributed by atoms with van der Waals surface area (Å²) in [6.45, 7) is 16.6. The quantitative estimate of drug-likeness (QED) is 0.346. The molecule has 162 valence electrons. The molecule has 0 radical (unpaired) electrons. The van der Waals surface area contributed by atoms with Crippen molar-refractivity contribution in [3.63, 3.8) is 0 Å². The Labute approximate surface area is 176 Å². The van der Waals surface area contributed by atoms with Crippen molar-refractivity contribution in [3.05, 3.63) is 46.0 Å². The Morgan fingerprint density at radius 3 is 1.86 bits per heavy atom. The molecule has 29 heavy (non-hydrogen) atoms. The number of ether oxygens (including phenoxy) is 2. The second kappa shape index (κ2) is 9.60. The number of rotatable bonds is 9. The number of allylic oxidation sites excluding steroid dienone is 6. The van der Waals surface area contributed by atoms with Crippen LogP contribution < -0.4 is 0 Å². The van der Waals surface area contributed by atoms with Crippen LogP contribution in [0, 0.1) is 10.8 Å². The summed E-state index contributed by atoms with van der Waals surface area (Å²) in [4.78, 5) is 25.7. The van der Waals surface area contributed by atoms with Crippen LogP contribution in [0.25, 0.3) is 0 Å². The molecule has 0 atom stereocenters. The van der Waals surface area contributed by atoms with Crippen LogP contribution in [0.5, 0.6) is 0 Å². The van der Waals surface area contributed by atoms with Gasteiger partial charge in [0.2, 0.25) is 23.1 Å². The van der Waals surface area contributed by atoms with Gasteiger partial charge in [-0.25, -0.2) is 0 Å². The van der Waals surface area contributed by atoms with Crippen molar-refractivity contribution in [3.8, 4) is 0 Å². The van der Waals surface area contributed by atoms with Gasteiger partial charge in [0.25, 0.3) is 0 Å². The van der Waals surface area contributed by atoms with Crippen molar-refractivity contribution in [1.29, 1.82) is 0 Å². The summed E-state index contributed by atoms with van der Waals surface area (Å²) >= 11 is 0. The van der Waals surface area contributed by atoms with Crippen LogP contribution in [0.3, 0.4) is 0 Å². The second-order valence-electron chi connectivity index (χ2n) is 9.69. The first-order chi connectivity index (χ1) is 13.3. The summed E-state index contributed by atoms with van der Waals surface area (Å²) in [6.07, 6.45) is 7.16. The lowest BCUT2D eigenvalue weighted by Crippen LogP contribution is -2.32. The fourth-order valence-corrected chi connectivity index (χ4v) is 3.87. The minimum Gasteiger partial charge on any atom is -0.489 e. The SMILES string of the molecule is COC1=C(OC)C(=O)C(C(C)(C)C/C=C(\C)CC(C)(C)CC=C(C)C)=C(C)C1=O. The maximum absolute atomic E-state index is 13.1. The highest BCUT2D eigenvalue weighted by molar-refractivity contribution is 6.23. The first kappa shape index (κ1) is 24.9. The number of ketones is 2. The van der Waals surface area contributed by atoms with E-state index in [1.54, 1.807) is 6.92 Å². The van der Waals surface area contributed by atoms with Gasteiger partial charge in [-0.3, -0.25) is 9.59 Å². The van der Waals surface area contributed by atoms with Gasteiger partial charge in [0, 0.05) is 11.1 Å². The summed E-state index contributed by atoms with van der Waals surface area (Å²) < 4.78 is 10.4. The van der Waals surface area contributed by atoms with E-state index in [2.05, 4.69) is 46.8 Å². The molecule has 0 amide bonds. The number of carbonyl (C=O) groups is 2. The van der Waals surface area contributed by atoms with Crippen LogP contribution in [0.4, 0.5) is 0 Å². The largest absolute Gasteiger partial charge is 0.489 e. The van der Waals surface area contributed by atoms with Gasteiger partial charge in [-0.15, -0.1) is 0 Å². The monoisotopic (exact) mass is 402 g/mol. The average Bonchev–Trinajstić information content (AvgIpc) is 2.61. The average molecular weight is 403 g/mol. The predicted octanol–water partition coefficient (Wildman–Crippen LogP) is 6.09. The van der Waals surface area contributed by atoms with Crippen molar-refractivity contribution in [1.82, 2.24) is 0 Å². The molecule has 0 fully saturated rings. The maximum atomic E-state index is 13.1. The van der Waals surface area contributed by atoms with E-state index in [4.69, 9.17) is 9.47 Å². The molecular formula is C25H38O4. The van der Waals surface area contributed by atoms with E-state index in [9.17, 15) is 9.59 Å². The summed E-state index contributed by atoms with van der Waals surface area (Å²) in [7, 11) is 2.77. The van der Waals surface area contributed by atoms with Crippen molar-refractivity contribution < 1.29 is 19.1 Å². The zero-order valence-electron chi connectivity index (χ0n) is 19.9. The fraction of sp³-hybridized carbons (Fsp3) is 0.600. The van der Waals surface area contributed by atoms with Crippen molar-refractivity contribution in [2.45, 2.75) is 74.7 Å². The smallest absolute Gasteiger partial charge is 0.228 e. The third-order valence-electron chi connectivity index (χ3n) is 5.43. The van der Waals surface area contributed by atoms with E-state index in [1.165, 1.54) is 25.4 Å². The molecule has 1 rings (SSSR count). The van der Waals surface area contributed by atoms with Crippen molar-refractivity contribution in [2.75, 3.05) is 14.2 Å². The van der Waals surface area contributed by atoms with Crippen LogP contribution in [0.2, 0.25) is 0 Å². The third-order valence-corrected chi connectivity index (χ3v) is 5.43. The number of methoxy groups -OCH3 is 2. The first-order valence-corrected chi connectivity index (χ1v) is 10.2. The minimum absolute atomic E-state index is 0.00488. The Morgan fingerprint density at radius 1 is 0.862 bits per heavy atom. The molecule has 1 aliphatic rings. The van der Waals surface area contributed by atoms with Crippen LogP contribution >= 0.6 is 0 Å². The van der Waals surface area contributed by atoms with Gasteiger partial charge in [-0.05, 0) is 57.8 Å². The summed E-state index contributed by atoms with van der Waals surface area (Å²) in [5.41, 5.74) is 3.25. The van der Waals surface area contributed by atoms with Crippen LogP contribution in [0.1, 0.15) is 74.7 Å². The van der Waals surface area contributed by atoms with E-state index >= 15 is 0 Å². The van der Waals surface area contributed by atoms with Crippen LogP contribution in [-0.2, 0) is 19.1 Å². The molecule has 0 aliphatic heterocycles. The number of hydrogen-bond acceptors (Lipinski definition) is 4. The normalized spacial score (nSPS) is 16.4. The molecule has 0 saturated carbocycles. The minimum atomic E-state index is -0.495. The Morgan fingerprint density at radius 2 is 1.38 bits per heavy atom. The highest BCUT2D eigenvalue weighted by Crippen LogP contribution is 2.40. The van der Waals surface area contributed by atoms with E-state index in [1.807, 2.05) is 13.8 Å². The Kier molecular flexibility index (Phi) is 8.25. The van der Waals surface area contributed by atoms with E-state index in [0.29, 0.717) is 17.6 Å². The molecule has 4 nitrogen and oxygen atoms in total. The lowest BCUT2D eigenvalue weighted by Gasteiger charge is -2.31. The molecule has 0 aromatic rings. The lowest BCUT2D eigenvalue weighted by atomic mass is 9.73. The lowest BCUT2D eigenvalue weighted by molar-refractivity contribution is -0.121. The number of carbonyl (C=O) groups excluding carboxylic acids is 2. The highest BCUT2D eigenvalue weighted by atomic mass is 16.5. The Hall–Kier alpha value is -2.10. The standard InChI is InChI=1S/C25H38O4/c1-16(2)11-13-24(5,6)15-17(3)12-14-25(7,8)19-18(4)20(26)22(28-9)23(29-10)21(19)27/h11-12H,13-15H2,1-10H3/b17-12+. The summed E-state index contributed by atoms with van der Waals surface area (Å²) in [5.74, 6) is -0.561. The van der Waals surface area contributed by atoms with Crippen molar-refractivity contribution >= 4 is 11.6 Å². The van der Waals surface area contributed by atoms with Crippen molar-refractivity contribution in [2.24, 2.45) is 10.8 Å². The van der Waals surface area contributed by atoms with E-state index in [0.717, 1.165) is 12.8 Å². The topological polar surface area (TPSA) is 52.6 Å².